The molecule has 1 aliphatic heterocycles. The second-order valence-corrected chi connectivity index (χ2v) is 9.48. The van der Waals surface area contributed by atoms with Crippen LogP contribution in [0.2, 0.25) is 5.02 Å². The molecule has 7 heteroatoms. The van der Waals surface area contributed by atoms with Crippen LogP contribution in [0.25, 0.3) is 5.69 Å². The Morgan fingerprint density at radius 2 is 1.62 bits per heavy atom. The van der Waals surface area contributed by atoms with Crippen LogP contribution >= 0.6 is 11.6 Å². The van der Waals surface area contributed by atoms with Gasteiger partial charge >= 0.3 is 0 Å². The van der Waals surface area contributed by atoms with Gasteiger partial charge in [0, 0.05) is 12.7 Å². The third kappa shape index (κ3) is 4.77. The summed E-state index contributed by atoms with van der Waals surface area (Å²) in [5.41, 5.74) is 3.63. The van der Waals surface area contributed by atoms with Crippen LogP contribution in [0.3, 0.4) is 0 Å². The Kier molecular flexibility index (Phi) is 7.10. The molecule has 1 aliphatic rings. The minimum Gasteiger partial charge on any atom is -0.329 e. The molecule has 188 valence electrons. The Labute approximate surface area is 220 Å². The van der Waals surface area contributed by atoms with Gasteiger partial charge in [-0.15, -0.1) is 0 Å². The monoisotopic (exact) mass is 515 g/mol. The number of hydrogen-bond donors (Lipinski definition) is 0. The number of nitrogens with zero attached hydrogens (tertiary/aromatic N) is 3. The summed E-state index contributed by atoms with van der Waals surface area (Å²) in [5.74, 6) is -0.852. The van der Waals surface area contributed by atoms with Gasteiger partial charge in [-0.25, -0.2) is 4.39 Å². The maximum absolute atomic E-state index is 14.2. The highest BCUT2D eigenvalue weighted by atomic mass is 35.5. The molecule has 2 heterocycles. The summed E-state index contributed by atoms with van der Waals surface area (Å²) in [4.78, 5) is 31.0. The van der Waals surface area contributed by atoms with Crippen LogP contribution in [-0.4, -0.2) is 34.4 Å². The summed E-state index contributed by atoms with van der Waals surface area (Å²) in [7, 11) is 0. The fourth-order valence-corrected chi connectivity index (χ4v) is 5.08. The minimum absolute atomic E-state index is 0.114. The number of fused-ring (bicyclic) bond motifs is 3. The fourth-order valence-electron chi connectivity index (χ4n) is 4.87. The van der Waals surface area contributed by atoms with Crippen LogP contribution < -0.4 is 4.90 Å². The van der Waals surface area contributed by atoms with Crippen LogP contribution in [0.15, 0.2) is 91.1 Å². The predicted molar refractivity (Wildman–Crippen MR) is 144 cm³/mol. The molecule has 0 aliphatic carbocycles. The molecule has 1 atom stereocenters. The van der Waals surface area contributed by atoms with Gasteiger partial charge in [0.25, 0.3) is 5.91 Å². The van der Waals surface area contributed by atoms with E-state index in [0.29, 0.717) is 17.1 Å². The van der Waals surface area contributed by atoms with Gasteiger partial charge in [-0.3, -0.25) is 14.5 Å². The highest BCUT2D eigenvalue weighted by Crippen LogP contribution is 2.42. The van der Waals surface area contributed by atoms with Gasteiger partial charge in [-0.1, -0.05) is 61.3 Å². The van der Waals surface area contributed by atoms with Crippen molar-refractivity contribution in [2.45, 2.75) is 25.8 Å². The fraction of sp³-hybridized carbons (Fsp3) is 0.200. The Morgan fingerprint density at radius 3 is 2.35 bits per heavy atom. The number of anilines is 1. The van der Waals surface area contributed by atoms with Gasteiger partial charge in [0.15, 0.2) is 0 Å². The van der Waals surface area contributed by atoms with Crippen molar-refractivity contribution < 1.29 is 14.0 Å². The summed E-state index contributed by atoms with van der Waals surface area (Å²) in [6.07, 6.45) is 3.59. The van der Waals surface area contributed by atoms with E-state index in [1.54, 1.807) is 46.2 Å². The summed E-state index contributed by atoms with van der Waals surface area (Å²) in [6, 6.07) is 24.2. The maximum atomic E-state index is 14.2. The Bertz CT molecular complexity index is 1430. The molecule has 0 saturated carbocycles. The van der Waals surface area contributed by atoms with Crippen molar-refractivity contribution in [1.29, 1.82) is 0 Å². The molecule has 3 aromatic carbocycles. The second-order valence-electron chi connectivity index (χ2n) is 9.07. The van der Waals surface area contributed by atoms with Crippen molar-refractivity contribution in [2.75, 3.05) is 18.0 Å². The molecule has 5 rings (SSSR count). The molecule has 0 radical (unpaired) electrons. The van der Waals surface area contributed by atoms with Crippen LogP contribution in [-0.2, 0) is 4.79 Å². The van der Waals surface area contributed by atoms with Crippen LogP contribution in [0.4, 0.5) is 10.1 Å². The first-order valence-electron chi connectivity index (χ1n) is 12.4. The number of aromatic nitrogens is 1. The van der Waals surface area contributed by atoms with Gasteiger partial charge in [0.2, 0.25) is 5.91 Å². The van der Waals surface area contributed by atoms with E-state index in [9.17, 15) is 14.0 Å². The molecule has 0 bridgehead atoms. The zero-order valence-corrected chi connectivity index (χ0v) is 21.2. The zero-order valence-electron chi connectivity index (χ0n) is 20.5. The molecular formula is C30H27ClFN3O2. The summed E-state index contributed by atoms with van der Waals surface area (Å²) in [5, 5.41) is 0.354. The lowest BCUT2D eigenvalue weighted by Gasteiger charge is -2.39. The first-order chi connectivity index (χ1) is 18.0. The quantitative estimate of drug-likeness (QED) is 0.276. The van der Waals surface area contributed by atoms with Gasteiger partial charge in [-0.2, -0.15) is 0 Å². The molecule has 0 N–H and O–H groups in total. The molecular weight excluding hydrogens is 489 g/mol. The molecule has 4 aromatic rings. The highest BCUT2D eigenvalue weighted by molar-refractivity contribution is 6.33. The third-order valence-corrected chi connectivity index (χ3v) is 7.00. The molecule has 5 nitrogen and oxygen atoms in total. The SMILES string of the molecule is CCCCN(CC(=O)N1c2ccccc2-n2cccc2C1c1ccc(F)cc1)C(=O)c1ccccc1Cl. The summed E-state index contributed by atoms with van der Waals surface area (Å²) < 4.78 is 15.9. The molecule has 37 heavy (non-hydrogen) atoms. The second kappa shape index (κ2) is 10.6. The van der Waals surface area contributed by atoms with E-state index in [4.69, 9.17) is 11.6 Å². The Morgan fingerprint density at radius 1 is 0.919 bits per heavy atom. The number of halogens is 2. The number of carbonyl (C=O) groups excluding carboxylic acids is 2. The van der Waals surface area contributed by atoms with Crippen molar-refractivity contribution >= 4 is 29.1 Å². The van der Waals surface area contributed by atoms with Gasteiger partial charge in [0.05, 0.1) is 27.7 Å². The van der Waals surface area contributed by atoms with Crippen LogP contribution in [0, 0.1) is 5.82 Å². The average molecular weight is 516 g/mol. The third-order valence-electron chi connectivity index (χ3n) is 6.67. The molecule has 0 saturated heterocycles. The van der Waals surface area contributed by atoms with Crippen molar-refractivity contribution in [2.24, 2.45) is 0 Å². The van der Waals surface area contributed by atoms with E-state index >= 15 is 0 Å². The maximum Gasteiger partial charge on any atom is 0.255 e. The normalized spacial score (nSPS) is 14.1. The largest absolute Gasteiger partial charge is 0.329 e. The summed E-state index contributed by atoms with van der Waals surface area (Å²) >= 11 is 6.33. The number of para-hydroxylation sites is 2. The van der Waals surface area contributed by atoms with Crippen molar-refractivity contribution in [3.63, 3.8) is 0 Å². The zero-order chi connectivity index (χ0) is 25.9. The van der Waals surface area contributed by atoms with E-state index in [1.807, 2.05) is 49.5 Å². The predicted octanol–water partition coefficient (Wildman–Crippen LogP) is 6.65. The van der Waals surface area contributed by atoms with E-state index in [-0.39, 0.29) is 24.2 Å². The number of rotatable bonds is 7. The van der Waals surface area contributed by atoms with Gasteiger partial charge in [0.1, 0.15) is 18.4 Å². The highest BCUT2D eigenvalue weighted by Gasteiger charge is 2.37. The smallest absolute Gasteiger partial charge is 0.255 e. The Balaban J connectivity index is 1.56. The minimum atomic E-state index is -0.485. The lowest BCUT2D eigenvalue weighted by molar-refractivity contribution is -0.119. The van der Waals surface area contributed by atoms with Crippen LogP contribution in [0.1, 0.15) is 47.4 Å². The number of unbranched alkanes of at least 4 members (excludes halogenated alkanes) is 1. The molecule has 2 amide bonds. The number of carbonyl (C=O) groups is 2. The Hall–Kier alpha value is -3.90. The van der Waals surface area contributed by atoms with E-state index in [2.05, 4.69) is 4.57 Å². The topological polar surface area (TPSA) is 45.6 Å². The molecule has 0 fully saturated rings. The van der Waals surface area contributed by atoms with E-state index in [1.165, 1.54) is 12.1 Å². The van der Waals surface area contributed by atoms with Crippen molar-refractivity contribution in [1.82, 2.24) is 9.47 Å². The van der Waals surface area contributed by atoms with Gasteiger partial charge < -0.3 is 9.47 Å². The summed E-state index contributed by atoms with van der Waals surface area (Å²) in [6.45, 7) is 2.36. The molecule has 0 spiro atoms. The van der Waals surface area contributed by atoms with Crippen molar-refractivity contribution in [3.8, 4) is 5.69 Å². The van der Waals surface area contributed by atoms with Crippen LogP contribution in [0.5, 0.6) is 0 Å². The lowest BCUT2D eigenvalue weighted by atomic mass is 9.97. The first-order valence-corrected chi connectivity index (χ1v) is 12.8. The lowest BCUT2D eigenvalue weighted by Crippen LogP contribution is -2.47. The average Bonchev–Trinajstić information content (AvgIpc) is 3.41. The molecule has 1 unspecified atom stereocenters. The number of hydrogen-bond acceptors (Lipinski definition) is 2. The van der Waals surface area contributed by atoms with Gasteiger partial charge in [-0.05, 0) is 60.5 Å². The first kappa shape index (κ1) is 24.8. The molecule has 1 aromatic heterocycles. The number of amides is 2. The van der Waals surface area contributed by atoms with E-state index < -0.39 is 6.04 Å². The number of benzene rings is 3. The standard InChI is InChI=1S/C30H27ClFN3O2/c1-2-3-18-33(30(37)23-9-4-5-10-24(23)31)20-28(36)35-26-12-7-6-11-25(26)34-19-8-13-27(34)29(35)21-14-16-22(32)17-15-21/h4-17,19,29H,2-3,18,20H2,1H3. The van der Waals surface area contributed by atoms with Crippen molar-refractivity contribution in [3.05, 3.63) is 119 Å². The van der Waals surface area contributed by atoms with E-state index in [0.717, 1.165) is 35.5 Å².